The third-order valence-electron chi connectivity index (χ3n) is 2.27. The Morgan fingerprint density at radius 1 is 1.53 bits per heavy atom. The van der Waals surface area contributed by atoms with Gasteiger partial charge < -0.3 is 9.63 Å². The molecule has 0 fully saturated rings. The van der Waals surface area contributed by atoms with Crippen LogP contribution in [0.3, 0.4) is 0 Å². The largest absolute Gasteiger partial charge is 0.477 e. The Morgan fingerprint density at radius 3 is 2.82 bits per heavy atom. The number of aromatic carboxylic acids is 1. The average Bonchev–Trinajstić information content (AvgIpc) is 2.64. The van der Waals surface area contributed by atoms with E-state index in [0.29, 0.717) is 10.0 Å². The smallest absolute Gasteiger partial charge is 0.341 e. The number of nitrogens with zero attached hydrogens (tertiary/aromatic N) is 1. The fraction of sp³-hybridized carbons (Fsp3) is 0.0909. The van der Waals surface area contributed by atoms with Crippen LogP contribution in [0.2, 0.25) is 0 Å². The van der Waals surface area contributed by atoms with Crippen LogP contribution in [-0.4, -0.2) is 16.2 Å². The lowest BCUT2D eigenvalue weighted by Gasteiger charge is -2.00. The van der Waals surface area contributed by atoms with Gasteiger partial charge in [0, 0.05) is 5.56 Å². The summed E-state index contributed by atoms with van der Waals surface area (Å²) in [7, 11) is 0. The predicted molar refractivity (Wildman–Crippen MR) is 61.3 cm³/mol. The molecule has 0 spiro atoms. The first kappa shape index (κ1) is 11.8. The highest BCUT2D eigenvalue weighted by Crippen LogP contribution is 2.28. The van der Waals surface area contributed by atoms with Crippen LogP contribution in [0, 0.1) is 12.7 Å². The number of halogens is 2. The van der Waals surface area contributed by atoms with Crippen LogP contribution in [0.1, 0.15) is 16.1 Å². The summed E-state index contributed by atoms with van der Waals surface area (Å²) in [4.78, 5) is 11.0. The van der Waals surface area contributed by atoms with Gasteiger partial charge in [0.15, 0.2) is 0 Å². The van der Waals surface area contributed by atoms with E-state index in [1.54, 1.807) is 6.07 Å². The topological polar surface area (TPSA) is 63.3 Å². The van der Waals surface area contributed by atoms with E-state index in [2.05, 4.69) is 21.1 Å². The van der Waals surface area contributed by atoms with Crippen molar-refractivity contribution in [2.75, 3.05) is 0 Å². The van der Waals surface area contributed by atoms with Crippen LogP contribution < -0.4 is 0 Å². The lowest BCUT2D eigenvalue weighted by atomic mass is 10.1. The monoisotopic (exact) mass is 299 g/mol. The van der Waals surface area contributed by atoms with Crippen LogP contribution in [-0.2, 0) is 0 Å². The third kappa shape index (κ3) is 2.08. The molecule has 0 bridgehead atoms. The van der Waals surface area contributed by atoms with Gasteiger partial charge in [0.05, 0.1) is 4.47 Å². The van der Waals surface area contributed by atoms with E-state index >= 15 is 0 Å². The minimum absolute atomic E-state index is 0.0493. The number of rotatable bonds is 2. The Morgan fingerprint density at radius 2 is 2.24 bits per heavy atom. The fourth-order valence-corrected chi connectivity index (χ4v) is 1.71. The summed E-state index contributed by atoms with van der Waals surface area (Å²) < 4.78 is 18.5. The Labute approximate surface area is 104 Å². The van der Waals surface area contributed by atoms with Gasteiger partial charge in [0.2, 0.25) is 0 Å². The maximum absolute atomic E-state index is 13.4. The zero-order valence-corrected chi connectivity index (χ0v) is 10.3. The molecule has 88 valence electrons. The minimum Gasteiger partial charge on any atom is -0.477 e. The van der Waals surface area contributed by atoms with Crippen molar-refractivity contribution >= 4 is 21.9 Å². The van der Waals surface area contributed by atoms with E-state index in [1.807, 2.05) is 0 Å². The second-order valence-electron chi connectivity index (χ2n) is 3.40. The van der Waals surface area contributed by atoms with Crippen LogP contribution >= 0.6 is 15.9 Å². The number of aryl methyl sites for hydroxylation is 1. The summed E-state index contributed by atoms with van der Waals surface area (Å²) in [6.45, 7) is 1.50. The van der Waals surface area contributed by atoms with Crippen molar-refractivity contribution in [1.29, 1.82) is 0 Å². The SMILES string of the molecule is Cc1onc(-c2ccc(Br)c(F)c2)c1C(=O)O. The molecule has 2 aromatic rings. The molecule has 4 nitrogen and oxygen atoms in total. The van der Waals surface area contributed by atoms with Crippen molar-refractivity contribution in [2.24, 2.45) is 0 Å². The normalized spacial score (nSPS) is 10.5. The molecule has 1 aromatic heterocycles. The minimum atomic E-state index is -1.15. The molecule has 0 aliphatic heterocycles. The van der Waals surface area contributed by atoms with Crippen molar-refractivity contribution in [1.82, 2.24) is 5.16 Å². The summed E-state index contributed by atoms with van der Waals surface area (Å²) in [5, 5.41) is 12.7. The van der Waals surface area contributed by atoms with E-state index in [9.17, 15) is 9.18 Å². The van der Waals surface area contributed by atoms with E-state index in [1.165, 1.54) is 19.1 Å². The van der Waals surface area contributed by atoms with Gasteiger partial charge in [0.1, 0.15) is 22.8 Å². The maximum atomic E-state index is 13.4. The van der Waals surface area contributed by atoms with Crippen molar-refractivity contribution in [3.63, 3.8) is 0 Å². The van der Waals surface area contributed by atoms with Crippen LogP contribution in [0.4, 0.5) is 4.39 Å². The Kier molecular flexibility index (Phi) is 2.97. The molecule has 0 atom stereocenters. The Bertz CT molecular complexity index is 594. The van der Waals surface area contributed by atoms with E-state index in [4.69, 9.17) is 9.63 Å². The Balaban J connectivity index is 2.60. The predicted octanol–water partition coefficient (Wildman–Crippen LogP) is 3.25. The first-order valence-electron chi connectivity index (χ1n) is 4.65. The molecule has 0 radical (unpaired) electrons. The van der Waals surface area contributed by atoms with Gasteiger partial charge in [-0.2, -0.15) is 0 Å². The fourth-order valence-electron chi connectivity index (χ4n) is 1.46. The van der Waals surface area contributed by atoms with Gasteiger partial charge in [-0.25, -0.2) is 9.18 Å². The number of hydrogen-bond acceptors (Lipinski definition) is 3. The first-order chi connectivity index (χ1) is 8.00. The third-order valence-corrected chi connectivity index (χ3v) is 2.91. The van der Waals surface area contributed by atoms with Gasteiger partial charge in [-0.1, -0.05) is 11.2 Å². The highest BCUT2D eigenvalue weighted by atomic mass is 79.9. The number of benzene rings is 1. The van der Waals surface area contributed by atoms with Gasteiger partial charge >= 0.3 is 5.97 Å². The van der Waals surface area contributed by atoms with E-state index in [0.717, 1.165) is 0 Å². The molecular formula is C11H7BrFNO3. The molecule has 0 aliphatic rings. The van der Waals surface area contributed by atoms with E-state index in [-0.39, 0.29) is 17.0 Å². The molecule has 0 aliphatic carbocycles. The molecule has 1 heterocycles. The summed E-state index contributed by atoms with van der Waals surface area (Å²) in [6.07, 6.45) is 0. The van der Waals surface area contributed by atoms with Gasteiger partial charge in [-0.05, 0) is 35.0 Å². The number of carboxylic acids is 1. The highest BCUT2D eigenvalue weighted by Gasteiger charge is 2.21. The van der Waals surface area contributed by atoms with Crippen LogP contribution in [0.25, 0.3) is 11.3 Å². The van der Waals surface area contributed by atoms with Crippen molar-refractivity contribution in [2.45, 2.75) is 6.92 Å². The quantitative estimate of drug-likeness (QED) is 0.924. The summed E-state index contributed by atoms with van der Waals surface area (Å²) >= 11 is 3.02. The molecule has 17 heavy (non-hydrogen) atoms. The van der Waals surface area contributed by atoms with Crippen molar-refractivity contribution in [3.8, 4) is 11.3 Å². The molecular weight excluding hydrogens is 293 g/mol. The van der Waals surface area contributed by atoms with Crippen LogP contribution in [0.5, 0.6) is 0 Å². The second-order valence-corrected chi connectivity index (χ2v) is 4.25. The standard InChI is InChI=1S/C11H7BrFNO3/c1-5-9(11(15)16)10(14-17-5)6-2-3-7(12)8(13)4-6/h2-4H,1H3,(H,15,16). The lowest BCUT2D eigenvalue weighted by Crippen LogP contribution is -1.99. The molecule has 1 N–H and O–H groups in total. The summed E-state index contributed by atoms with van der Waals surface area (Å²) in [5.41, 5.74) is 0.438. The zero-order valence-electron chi connectivity index (χ0n) is 8.70. The number of hydrogen-bond donors (Lipinski definition) is 1. The average molecular weight is 300 g/mol. The summed E-state index contributed by atoms with van der Waals surface area (Å²) in [6, 6.07) is 4.25. The molecule has 1 aromatic carbocycles. The number of carboxylic acid groups (broad SMARTS) is 1. The second kappa shape index (κ2) is 4.29. The molecule has 6 heteroatoms. The zero-order chi connectivity index (χ0) is 12.6. The molecule has 0 saturated carbocycles. The van der Waals surface area contributed by atoms with Gasteiger partial charge in [-0.15, -0.1) is 0 Å². The highest BCUT2D eigenvalue weighted by molar-refractivity contribution is 9.10. The van der Waals surface area contributed by atoms with Crippen molar-refractivity contribution < 1.29 is 18.8 Å². The molecule has 0 amide bonds. The molecule has 2 rings (SSSR count). The van der Waals surface area contributed by atoms with E-state index < -0.39 is 11.8 Å². The number of carbonyl (C=O) groups is 1. The molecule has 0 unspecified atom stereocenters. The van der Waals surface area contributed by atoms with Crippen LogP contribution in [0.15, 0.2) is 27.2 Å². The van der Waals surface area contributed by atoms with Gasteiger partial charge in [0.25, 0.3) is 0 Å². The molecule has 0 saturated heterocycles. The Hall–Kier alpha value is -1.69. The van der Waals surface area contributed by atoms with Crippen molar-refractivity contribution in [3.05, 3.63) is 39.8 Å². The summed E-state index contributed by atoms with van der Waals surface area (Å²) in [5.74, 6) is -1.45. The lowest BCUT2D eigenvalue weighted by molar-refractivity contribution is 0.0696. The first-order valence-corrected chi connectivity index (χ1v) is 5.45. The maximum Gasteiger partial charge on any atom is 0.341 e. The van der Waals surface area contributed by atoms with Gasteiger partial charge in [-0.3, -0.25) is 0 Å². The number of aromatic nitrogens is 1.